The molecule has 0 saturated carbocycles. The highest BCUT2D eigenvalue weighted by Gasteiger charge is 1.94. The van der Waals surface area contributed by atoms with Gasteiger partial charge in [-0.15, -0.1) is 0 Å². The van der Waals surface area contributed by atoms with Crippen LogP contribution in [0.1, 0.15) is 27.2 Å². The van der Waals surface area contributed by atoms with Crippen LogP contribution in [0.2, 0.25) is 0 Å². The van der Waals surface area contributed by atoms with Crippen LogP contribution in [0, 0.1) is 11.3 Å². The van der Waals surface area contributed by atoms with Crippen LogP contribution in [-0.4, -0.2) is 23.8 Å². The molecule has 0 aromatic heterocycles. The highest BCUT2D eigenvalue weighted by molar-refractivity contribution is 5.83. The summed E-state index contributed by atoms with van der Waals surface area (Å²) in [5.41, 5.74) is 0.885. The van der Waals surface area contributed by atoms with Gasteiger partial charge in [-0.05, 0) is 20.8 Å². The Bertz CT molecular complexity index is 163. The summed E-state index contributed by atoms with van der Waals surface area (Å²) < 4.78 is 0. The van der Waals surface area contributed by atoms with E-state index in [9.17, 15) is 0 Å². The van der Waals surface area contributed by atoms with Crippen LogP contribution in [0.25, 0.3) is 0 Å². The number of hydrazone groups is 1. The van der Waals surface area contributed by atoms with Gasteiger partial charge >= 0.3 is 0 Å². The fourth-order valence-corrected chi connectivity index (χ4v) is 0.756. The summed E-state index contributed by atoms with van der Waals surface area (Å²) in [5.74, 6) is 0. The Morgan fingerprint density at radius 3 is 2.36 bits per heavy atom. The van der Waals surface area contributed by atoms with E-state index in [1.54, 1.807) is 0 Å². The van der Waals surface area contributed by atoms with E-state index in [4.69, 9.17) is 5.26 Å². The van der Waals surface area contributed by atoms with Gasteiger partial charge in [-0.3, -0.25) is 5.01 Å². The monoisotopic (exact) mass is 153 g/mol. The van der Waals surface area contributed by atoms with E-state index < -0.39 is 0 Å². The molecule has 0 aromatic carbocycles. The predicted molar refractivity (Wildman–Crippen MR) is 46.3 cm³/mol. The molecule has 3 nitrogen and oxygen atoms in total. The first kappa shape index (κ1) is 9.96. The molecular weight excluding hydrogens is 138 g/mol. The van der Waals surface area contributed by atoms with Crippen LogP contribution in [0.4, 0.5) is 0 Å². The second-order valence-electron chi connectivity index (χ2n) is 2.31. The maximum absolute atomic E-state index is 8.35. The highest BCUT2D eigenvalue weighted by Crippen LogP contribution is 1.91. The molecule has 0 bridgehead atoms. The zero-order chi connectivity index (χ0) is 8.69. The maximum Gasteiger partial charge on any atom is 0.0750 e. The molecule has 0 atom stereocenters. The normalized spacial score (nSPS) is 10.9. The molecule has 62 valence electrons. The number of nitriles is 1. The Labute approximate surface area is 68.3 Å². The van der Waals surface area contributed by atoms with Gasteiger partial charge in [-0.25, -0.2) is 0 Å². The van der Waals surface area contributed by atoms with Crippen LogP contribution in [0.15, 0.2) is 5.10 Å². The molecule has 0 aliphatic rings. The minimum atomic E-state index is 0.427. The van der Waals surface area contributed by atoms with Crippen molar-refractivity contribution in [2.75, 3.05) is 13.1 Å². The van der Waals surface area contributed by atoms with Crippen molar-refractivity contribution in [3.8, 4) is 6.07 Å². The average molecular weight is 153 g/mol. The average Bonchev–Trinajstić information content (AvgIpc) is 2.01. The number of hydrogen-bond donors (Lipinski definition) is 0. The molecular formula is C8H15N3. The molecule has 0 amide bonds. The fourth-order valence-electron chi connectivity index (χ4n) is 0.756. The number of nitrogens with zero attached hydrogens (tertiary/aromatic N) is 3. The molecule has 0 spiro atoms. The minimum absolute atomic E-state index is 0.427. The number of hydrogen-bond acceptors (Lipinski definition) is 3. The summed E-state index contributed by atoms with van der Waals surface area (Å²) in [6, 6.07) is 2.06. The van der Waals surface area contributed by atoms with Gasteiger partial charge in [0, 0.05) is 18.8 Å². The van der Waals surface area contributed by atoms with E-state index in [0.717, 1.165) is 18.8 Å². The SMILES string of the molecule is CCN(CC)N=C(C)CC#N. The van der Waals surface area contributed by atoms with Crippen molar-refractivity contribution in [1.29, 1.82) is 5.26 Å². The third kappa shape index (κ3) is 4.38. The lowest BCUT2D eigenvalue weighted by atomic mass is 10.3. The molecule has 0 radical (unpaired) electrons. The van der Waals surface area contributed by atoms with Crippen molar-refractivity contribution >= 4 is 5.71 Å². The van der Waals surface area contributed by atoms with E-state index in [1.165, 1.54) is 0 Å². The summed E-state index contributed by atoms with van der Waals surface area (Å²) in [5, 5.41) is 14.5. The summed E-state index contributed by atoms with van der Waals surface area (Å²) in [6.07, 6.45) is 0.427. The van der Waals surface area contributed by atoms with Gasteiger partial charge in [0.25, 0.3) is 0 Å². The Balaban J connectivity index is 3.94. The van der Waals surface area contributed by atoms with Crippen molar-refractivity contribution in [3.05, 3.63) is 0 Å². The van der Waals surface area contributed by atoms with Gasteiger partial charge in [0.05, 0.1) is 12.5 Å². The van der Waals surface area contributed by atoms with Crippen molar-refractivity contribution in [1.82, 2.24) is 5.01 Å². The first-order valence-electron chi connectivity index (χ1n) is 3.90. The van der Waals surface area contributed by atoms with Crippen molar-refractivity contribution < 1.29 is 0 Å². The largest absolute Gasteiger partial charge is 0.298 e. The lowest BCUT2D eigenvalue weighted by Crippen LogP contribution is -2.17. The van der Waals surface area contributed by atoms with Crippen molar-refractivity contribution in [3.63, 3.8) is 0 Å². The van der Waals surface area contributed by atoms with Gasteiger partial charge in [0.1, 0.15) is 0 Å². The zero-order valence-corrected chi connectivity index (χ0v) is 7.46. The second kappa shape index (κ2) is 5.72. The minimum Gasteiger partial charge on any atom is -0.298 e. The molecule has 0 unspecified atom stereocenters. The Morgan fingerprint density at radius 2 is 2.00 bits per heavy atom. The third-order valence-corrected chi connectivity index (χ3v) is 1.38. The van der Waals surface area contributed by atoms with E-state index in [2.05, 4.69) is 11.2 Å². The lowest BCUT2D eigenvalue weighted by Gasteiger charge is -2.14. The zero-order valence-electron chi connectivity index (χ0n) is 7.46. The van der Waals surface area contributed by atoms with Gasteiger partial charge in [-0.2, -0.15) is 10.4 Å². The molecule has 0 saturated heterocycles. The Hall–Kier alpha value is -1.04. The molecule has 0 aromatic rings. The van der Waals surface area contributed by atoms with Gasteiger partial charge in [0.15, 0.2) is 0 Å². The van der Waals surface area contributed by atoms with Crippen LogP contribution < -0.4 is 0 Å². The van der Waals surface area contributed by atoms with Gasteiger partial charge in [0.2, 0.25) is 0 Å². The molecule has 3 heteroatoms. The summed E-state index contributed by atoms with van der Waals surface area (Å²) >= 11 is 0. The van der Waals surface area contributed by atoms with E-state index in [-0.39, 0.29) is 0 Å². The molecule has 0 aliphatic heterocycles. The van der Waals surface area contributed by atoms with Crippen molar-refractivity contribution in [2.45, 2.75) is 27.2 Å². The summed E-state index contributed by atoms with van der Waals surface area (Å²) in [6.45, 7) is 7.78. The Kier molecular flexibility index (Phi) is 5.18. The molecule has 0 rings (SSSR count). The Morgan fingerprint density at radius 1 is 1.45 bits per heavy atom. The van der Waals surface area contributed by atoms with E-state index in [0.29, 0.717) is 6.42 Å². The summed E-state index contributed by atoms with van der Waals surface area (Å²) in [4.78, 5) is 0. The van der Waals surface area contributed by atoms with Crippen LogP contribution in [-0.2, 0) is 0 Å². The van der Waals surface area contributed by atoms with Crippen LogP contribution in [0.5, 0.6) is 0 Å². The first-order valence-corrected chi connectivity index (χ1v) is 3.90. The fraction of sp³-hybridized carbons (Fsp3) is 0.750. The van der Waals surface area contributed by atoms with Gasteiger partial charge < -0.3 is 0 Å². The second-order valence-corrected chi connectivity index (χ2v) is 2.31. The van der Waals surface area contributed by atoms with Crippen LogP contribution >= 0.6 is 0 Å². The lowest BCUT2D eigenvalue weighted by molar-refractivity contribution is 0.321. The highest BCUT2D eigenvalue weighted by atomic mass is 15.4. The van der Waals surface area contributed by atoms with E-state index in [1.807, 2.05) is 25.8 Å². The number of rotatable bonds is 4. The smallest absolute Gasteiger partial charge is 0.0750 e. The quantitative estimate of drug-likeness (QED) is 0.454. The van der Waals surface area contributed by atoms with Crippen LogP contribution in [0.3, 0.4) is 0 Å². The predicted octanol–water partition coefficient (Wildman–Crippen LogP) is 1.62. The molecule has 0 heterocycles. The van der Waals surface area contributed by atoms with E-state index >= 15 is 0 Å². The van der Waals surface area contributed by atoms with Crippen molar-refractivity contribution in [2.24, 2.45) is 5.10 Å². The topological polar surface area (TPSA) is 39.4 Å². The molecule has 0 N–H and O–H groups in total. The first-order chi connectivity index (χ1) is 5.24. The summed E-state index contributed by atoms with van der Waals surface area (Å²) in [7, 11) is 0. The third-order valence-electron chi connectivity index (χ3n) is 1.38. The maximum atomic E-state index is 8.35. The molecule has 0 aliphatic carbocycles. The standard InChI is InChI=1S/C8H15N3/c1-4-11(5-2)10-8(3)6-7-9/h4-6H2,1-3H3. The molecule has 0 fully saturated rings. The molecule has 11 heavy (non-hydrogen) atoms. The van der Waals surface area contributed by atoms with Gasteiger partial charge in [-0.1, -0.05) is 0 Å².